The van der Waals surface area contributed by atoms with Crippen molar-refractivity contribution in [3.8, 4) is 0 Å². The Morgan fingerprint density at radius 1 is 1.09 bits per heavy atom. The van der Waals surface area contributed by atoms with E-state index in [-0.39, 0.29) is 24.6 Å². The normalized spacial score (nSPS) is 13.6. The molecule has 0 aliphatic heterocycles. The van der Waals surface area contributed by atoms with Crippen LogP contribution < -0.4 is 16.4 Å². The van der Waals surface area contributed by atoms with Crippen LogP contribution in [0, 0.1) is 0 Å². The highest BCUT2D eigenvalue weighted by molar-refractivity contribution is 5.89. The zero-order valence-electron chi connectivity index (χ0n) is 19.1. The predicted molar refractivity (Wildman–Crippen MR) is 120 cm³/mol. The van der Waals surface area contributed by atoms with Crippen molar-refractivity contribution in [3.63, 3.8) is 0 Å². The summed E-state index contributed by atoms with van der Waals surface area (Å²) in [6.45, 7) is 5.69. The van der Waals surface area contributed by atoms with Crippen LogP contribution in [0.15, 0.2) is 42.6 Å². The lowest BCUT2D eigenvalue weighted by Crippen LogP contribution is -2.53. The van der Waals surface area contributed by atoms with Gasteiger partial charge in [-0.05, 0) is 51.1 Å². The Bertz CT molecular complexity index is 948. The molecule has 180 valence electrons. The molecular weight excluding hydrogens is 435 g/mol. The average molecular weight is 466 g/mol. The van der Waals surface area contributed by atoms with E-state index in [2.05, 4.69) is 15.6 Å². The van der Waals surface area contributed by atoms with Crippen LogP contribution >= 0.6 is 0 Å². The number of carbonyl (C=O) groups excluding carboxylic acids is 2. The fourth-order valence-electron chi connectivity index (χ4n) is 3.10. The maximum atomic E-state index is 13.1. The number of aromatic nitrogens is 1. The molecule has 0 saturated carbocycles. The van der Waals surface area contributed by atoms with Crippen LogP contribution in [-0.4, -0.2) is 46.9 Å². The Hall–Kier alpha value is -3.14. The first-order valence-corrected chi connectivity index (χ1v) is 10.5. The SMILES string of the molecule is CC(C)N(C)[C@@H](C)C(=O)N[C@@H](Cc1cccc(C(F)(F)F)c1)C(=O)NCc1ccc(N)nc1. The molecule has 10 heteroatoms. The molecule has 2 rings (SSSR count). The Labute approximate surface area is 191 Å². The lowest BCUT2D eigenvalue weighted by molar-refractivity contribution is -0.137. The lowest BCUT2D eigenvalue weighted by Gasteiger charge is -2.29. The number of pyridine rings is 1. The maximum Gasteiger partial charge on any atom is 0.416 e. The number of carbonyl (C=O) groups is 2. The summed E-state index contributed by atoms with van der Waals surface area (Å²) in [5, 5.41) is 5.40. The van der Waals surface area contributed by atoms with Gasteiger partial charge >= 0.3 is 6.18 Å². The Balaban J connectivity index is 2.20. The summed E-state index contributed by atoms with van der Waals surface area (Å²) in [6.07, 6.45) is -3.09. The Morgan fingerprint density at radius 3 is 2.36 bits per heavy atom. The summed E-state index contributed by atoms with van der Waals surface area (Å²) >= 11 is 0. The number of nitrogens with zero attached hydrogens (tertiary/aromatic N) is 2. The van der Waals surface area contributed by atoms with Gasteiger partial charge in [-0.1, -0.05) is 24.3 Å². The zero-order valence-corrected chi connectivity index (χ0v) is 19.1. The predicted octanol–water partition coefficient (Wildman–Crippen LogP) is 2.75. The van der Waals surface area contributed by atoms with Gasteiger partial charge in [-0.15, -0.1) is 0 Å². The number of benzene rings is 1. The number of halogens is 3. The van der Waals surface area contributed by atoms with Gasteiger partial charge in [0.05, 0.1) is 11.6 Å². The molecule has 1 aromatic carbocycles. The third-order valence-electron chi connectivity index (χ3n) is 5.45. The third-order valence-corrected chi connectivity index (χ3v) is 5.45. The van der Waals surface area contributed by atoms with E-state index in [1.165, 1.54) is 18.3 Å². The van der Waals surface area contributed by atoms with E-state index in [4.69, 9.17) is 5.73 Å². The van der Waals surface area contributed by atoms with E-state index in [1.807, 2.05) is 18.7 Å². The van der Waals surface area contributed by atoms with Crippen LogP contribution in [0.3, 0.4) is 0 Å². The van der Waals surface area contributed by atoms with Gasteiger partial charge in [0.2, 0.25) is 11.8 Å². The molecule has 0 aliphatic carbocycles. The number of hydrogen-bond donors (Lipinski definition) is 3. The van der Waals surface area contributed by atoms with Gasteiger partial charge in [-0.2, -0.15) is 13.2 Å². The van der Waals surface area contributed by atoms with Crippen LogP contribution in [0.2, 0.25) is 0 Å². The Kier molecular flexibility index (Phi) is 8.81. The van der Waals surface area contributed by atoms with Crippen molar-refractivity contribution in [3.05, 3.63) is 59.3 Å². The van der Waals surface area contributed by atoms with E-state index in [0.29, 0.717) is 11.4 Å². The lowest BCUT2D eigenvalue weighted by atomic mass is 10.0. The highest BCUT2D eigenvalue weighted by atomic mass is 19.4. The molecule has 2 atom stereocenters. The minimum Gasteiger partial charge on any atom is -0.384 e. The number of nitrogen functional groups attached to an aromatic ring is 1. The molecule has 1 heterocycles. The molecular formula is C23H30F3N5O2. The monoisotopic (exact) mass is 465 g/mol. The van der Waals surface area contributed by atoms with E-state index < -0.39 is 35.6 Å². The molecule has 0 spiro atoms. The van der Waals surface area contributed by atoms with Crippen molar-refractivity contribution < 1.29 is 22.8 Å². The van der Waals surface area contributed by atoms with Crippen molar-refractivity contribution in [1.29, 1.82) is 0 Å². The van der Waals surface area contributed by atoms with Gasteiger partial charge in [0.25, 0.3) is 0 Å². The Morgan fingerprint density at radius 2 is 1.79 bits per heavy atom. The topological polar surface area (TPSA) is 100 Å². The number of anilines is 1. The first-order valence-electron chi connectivity index (χ1n) is 10.5. The molecule has 2 amide bonds. The first-order chi connectivity index (χ1) is 15.4. The second-order valence-electron chi connectivity index (χ2n) is 8.21. The fraction of sp³-hybridized carbons (Fsp3) is 0.435. The van der Waals surface area contributed by atoms with Crippen molar-refractivity contribution in [2.24, 2.45) is 0 Å². The smallest absolute Gasteiger partial charge is 0.384 e. The largest absolute Gasteiger partial charge is 0.416 e. The van der Waals surface area contributed by atoms with Crippen LogP contribution in [0.4, 0.5) is 19.0 Å². The molecule has 0 fully saturated rings. The van der Waals surface area contributed by atoms with Crippen LogP contribution in [0.1, 0.15) is 37.5 Å². The summed E-state index contributed by atoms with van der Waals surface area (Å²) in [4.78, 5) is 31.5. The number of hydrogen-bond acceptors (Lipinski definition) is 5. The quantitative estimate of drug-likeness (QED) is 0.529. The third kappa shape index (κ3) is 7.74. The summed E-state index contributed by atoms with van der Waals surface area (Å²) in [5.41, 5.74) is 5.72. The summed E-state index contributed by atoms with van der Waals surface area (Å²) in [6, 6.07) is 6.49. The first kappa shape index (κ1) is 26.1. The number of likely N-dealkylation sites (N-methyl/N-ethyl adjacent to an activating group) is 1. The molecule has 1 aromatic heterocycles. The van der Waals surface area contributed by atoms with Crippen LogP contribution in [0.25, 0.3) is 0 Å². The van der Waals surface area contributed by atoms with Crippen molar-refractivity contribution >= 4 is 17.6 Å². The van der Waals surface area contributed by atoms with Crippen LogP contribution in [-0.2, 0) is 28.7 Å². The number of nitrogens with two attached hydrogens (primary N) is 1. The average Bonchev–Trinajstić information content (AvgIpc) is 2.76. The van der Waals surface area contributed by atoms with E-state index in [0.717, 1.165) is 12.1 Å². The number of nitrogens with one attached hydrogen (secondary N) is 2. The number of rotatable bonds is 9. The second kappa shape index (κ2) is 11.1. The van der Waals surface area contributed by atoms with Crippen LogP contribution in [0.5, 0.6) is 0 Å². The summed E-state index contributed by atoms with van der Waals surface area (Å²) in [5.74, 6) is -0.576. The van der Waals surface area contributed by atoms with Crippen molar-refractivity contribution in [2.75, 3.05) is 12.8 Å². The molecule has 0 radical (unpaired) electrons. The molecule has 7 nitrogen and oxygen atoms in total. The molecule has 0 unspecified atom stereocenters. The molecule has 0 bridgehead atoms. The van der Waals surface area contributed by atoms with Gasteiger partial charge in [0.15, 0.2) is 0 Å². The van der Waals surface area contributed by atoms with Gasteiger partial charge in [-0.3, -0.25) is 14.5 Å². The molecule has 33 heavy (non-hydrogen) atoms. The highest BCUT2D eigenvalue weighted by Gasteiger charge is 2.31. The standard InChI is InChI=1S/C23H30F3N5O2/c1-14(2)31(4)15(3)21(32)30-19(11-16-6-5-7-18(10-16)23(24,25)26)22(33)29-13-17-8-9-20(27)28-12-17/h5-10,12,14-15,19H,11,13H2,1-4H3,(H2,27,28)(H,29,33)(H,30,32)/t15-,19-/m0/s1. The van der Waals surface area contributed by atoms with Gasteiger partial charge in [-0.25, -0.2) is 4.98 Å². The second-order valence-corrected chi connectivity index (χ2v) is 8.21. The zero-order chi connectivity index (χ0) is 24.8. The fourth-order valence-corrected chi connectivity index (χ4v) is 3.10. The minimum atomic E-state index is -4.51. The highest BCUT2D eigenvalue weighted by Crippen LogP contribution is 2.29. The van der Waals surface area contributed by atoms with Gasteiger partial charge < -0.3 is 16.4 Å². The number of amides is 2. The summed E-state index contributed by atoms with van der Waals surface area (Å²) < 4.78 is 39.3. The molecule has 4 N–H and O–H groups in total. The van der Waals surface area contributed by atoms with Gasteiger partial charge in [0.1, 0.15) is 11.9 Å². The maximum absolute atomic E-state index is 13.1. The molecule has 0 aliphatic rings. The van der Waals surface area contributed by atoms with E-state index >= 15 is 0 Å². The molecule has 0 saturated heterocycles. The molecule has 2 aromatic rings. The van der Waals surface area contributed by atoms with E-state index in [9.17, 15) is 22.8 Å². The van der Waals surface area contributed by atoms with Gasteiger partial charge in [0, 0.05) is 25.2 Å². The van der Waals surface area contributed by atoms with E-state index in [1.54, 1.807) is 26.1 Å². The van der Waals surface area contributed by atoms with Crippen molar-refractivity contribution in [2.45, 2.75) is 58.0 Å². The minimum absolute atomic E-state index is 0.0829. The van der Waals surface area contributed by atoms with Crippen molar-refractivity contribution in [1.82, 2.24) is 20.5 Å². The number of alkyl halides is 3. The summed E-state index contributed by atoms with van der Waals surface area (Å²) in [7, 11) is 1.78.